The number of pyridine rings is 1. The molecule has 70 valence electrons. The van der Waals surface area contributed by atoms with Crippen LogP contribution in [0.15, 0.2) is 18.3 Å². The van der Waals surface area contributed by atoms with Gasteiger partial charge in [-0.2, -0.15) is 0 Å². The van der Waals surface area contributed by atoms with Crippen molar-refractivity contribution in [3.05, 3.63) is 29.6 Å². The van der Waals surface area contributed by atoms with Crippen molar-refractivity contribution in [2.24, 2.45) is 7.05 Å². The Labute approximate surface area is 77.6 Å². The lowest BCUT2D eigenvalue weighted by molar-refractivity contribution is -0.679. The van der Waals surface area contributed by atoms with Gasteiger partial charge in [0.25, 0.3) is 0 Å². The summed E-state index contributed by atoms with van der Waals surface area (Å²) in [7, 11) is 1.91. The molecule has 3 nitrogen and oxygen atoms in total. The summed E-state index contributed by atoms with van der Waals surface area (Å²) in [5.41, 5.74) is 1.89. The Kier molecular flexibility index (Phi) is 3.01. The van der Waals surface area contributed by atoms with Gasteiger partial charge in [-0.1, -0.05) is 6.92 Å². The predicted molar refractivity (Wildman–Crippen MR) is 45.7 cm³/mol. The Balaban J connectivity index is 3.05. The summed E-state index contributed by atoms with van der Waals surface area (Å²) in [6.45, 7) is 2.01. The van der Waals surface area contributed by atoms with Crippen LogP contribution >= 0.6 is 0 Å². The first-order valence-corrected chi connectivity index (χ1v) is 4.31. The molecule has 0 unspecified atom stereocenters. The monoisotopic (exact) mass is 179 g/mol. The number of hydrogen-bond acceptors (Lipinski definition) is 2. The molecule has 13 heavy (non-hydrogen) atoms. The number of aryl methyl sites for hydroxylation is 1. The zero-order chi connectivity index (χ0) is 9.84. The smallest absolute Gasteiger partial charge is 0.184 e. The molecular formula is C10H13NO2. The van der Waals surface area contributed by atoms with Crippen molar-refractivity contribution in [2.75, 3.05) is 0 Å². The molecule has 1 aromatic heterocycles. The Morgan fingerprint density at radius 2 is 2.31 bits per heavy atom. The number of hydrogen-bond donors (Lipinski definition) is 0. The third-order valence-electron chi connectivity index (χ3n) is 2.07. The molecule has 0 amide bonds. The summed E-state index contributed by atoms with van der Waals surface area (Å²) in [4.78, 5) is 10.4. The SMILES string of the molecule is CCc1c(CC(=O)[O-])ccc[n+]1C. The second-order valence-electron chi connectivity index (χ2n) is 2.99. The minimum Gasteiger partial charge on any atom is -0.550 e. The van der Waals surface area contributed by atoms with E-state index in [2.05, 4.69) is 0 Å². The Bertz CT molecular complexity index is 321. The number of carbonyl (C=O) groups is 1. The predicted octanol–water partition coefficient (Wildman–Crippen LogP) is -0.634. The van der Waals surface area contributed by atoms with E-state index in [4.69, 9.17) is 0 Å². The van der Waals surface area contributed by atoms with Gasteiger partial charge in [0, 0.05) is 30.4 Å². The van der Waals surface area contributed by atoms with Crippen LogP contribution < -0.4 is 9.67 Å². The van der Waals surface area contributed by atoms with E-state index in [1.807, 2.05) is 36.9 Å². The van der Waals surface area contributed by atoms with Gasteiger partial charge >= 0.3 is 0 Å². The number of carbonyl (C=O) groups excluding carboxylic acids is 1. The summed E-state index contributed by atoms with van der Waals surface area (Å²) in [6, 6.07) is 3.67. The number of carboxylic acid groups (broad SMARTS) is 1. The zero-order valence-electron chi connectivity index (χ0n) is 7.91. The maximum Gasteiger partial charge on any atom is 0.184 e. The van der Waals surface area contributed by atoms with Gasteiger partial charge in [0.15, 0.2) is 11.9 Å². The fraction of sp³-hybridized carbons (Fsp3) is 0.400. The zero-order valence-corrected chi connectivity index (χ0v) is 7.91. The summed E-state index contributed by atoms with van der Waals surface area (Å²) in [6.07, 6.45) is 2.75. The van der Waals surface area contributed by atoms with E-state index >= 15 is 0 Å². The van der Waals surface area contributed by atoms with Crippen molar-refractivity contribution in [1.82, 2.24) is 0 Å². The number of carboxylic acids is 1. The van der Waals surface area contributed by atoms with E-state index in [9.17, 15) is 9.90 Å². The summed E-state index contributed by atoms with van der Waals surface area (Å²) < 4.78 is 1.94. The molecule has 0 aliphatic carbocycles. The molecule has 0 spiro atoms. The molecule has 0 N–H and O–H groups in total. The lowest BCUT2D eigenvalue weighted by Crippen LogP contribution is -2.35. The van der Waals surface area contributed by atoms with Crippen molar-refractivity contribution in [1.29, 1.82) is 0 Å². The molecule has 0 radical (unpaired) electrons. The Hall–Kier alpha value is -1.38. The third kappa shape index (κ3) is 2.28. The molecule has 0 aromatic carbocycles. The third-order valence-corrected chi connectivity index (χ3v) is 2.07. The molecule has 0 bridgehead atoms. The minimum atomic E-state index is -1.03. The highest BCUT2D eigenvalue weighted by Crippen LogP contribution is 2.04. The highest BCUT2D eigenvalue weighted by atomic mass is 16.4. The Morgan fingerprint density at radius 1 is 1.62 bits per heavy atom. The van der Waals surface area contributed by atoms with Crippen LogP contribution in [-0.4, -0.2) is 5.97 Å². The van der Waals surface area contributed by atoms with Gasteiger partial charge in [-0.25, -0.2) is 4.57 Å². The molecule has 3 heteroatoms. The summed E-state index contributed by atoms with van der Waals surface area (Å²) >= 11 is 0. The molecule has 0 fully saturated rings. The number of nitrogens with zero attached hydrogens (tertiary/aromatic N) is 1. The molecule has 1 rings (SSSR count). The van der Waals surface area contributed by atoms with Crippen LogP contribution in [0.5, 0.6) is 0 Å². The highest BCUT2D eigenvalue weighted by Gasteiger charge is 2.09. The molecule has 1 heterocycles. The van der Waals surface area contributed by atoms with Crippen molar-refractivity contribution in [3.63, 3.8) is 0 Å². The van der Waals surface area contributed by atoms with Gasteiger partial charge in [0.05, 0.1) is 0 Å². The van der Waals surface area contributed by atoms with Crippen LogP contribution in [0.3, 0.4) is 0 Å². The van der Waals surface area contributed by atoms with E-state index in [-0.39, 0.29) is 6.42 Å². The van der Waals surface area contributed by atoms with Crippen LogP contribution in [0, 0.1) is 0 Å². The van der Waals surface area contributed by atoms with Crippen LogP contribution in [0.1, 0.15) is 18.2 Å². The standard InChI is InChI=1S/C10H13NO2/c1-3-9-8(7-10(12)13)5-4-6-11(9)2/h4-6H,3,7H2,1-2H3. The summed E-state index contributed by atoms with van der Waals surface area (Å²) in [5.74, 6) is -1.03. The fourth-order valence-corrected chi connectivity index (χ4v) is 1.49. The van der Waals surface area contributed by atoms with E-state index in [0.717, 1.165) is 17.7 Å². The Morgan fingerprint density at radius 3 is 2.85 bits per heavy atom. The van der Waals surface area contributed by atoms with E-state index in [1.54, 1.807) is 0 Å². The maximum absolute atomic E-state index is 10.4. The molecule has 0 atom stereocenters. The van der Waals surface area contributed by atoms with Gasteiger partial charge in [0.2, 0.25) is 0 Å². The second-order valence-corrected chi connectivity index (χ2v) is 2.99. The molecule has 0 saturated heterocycles. The van der Waals surface area contributed by atoms with Gasteiger partial charge in [0.1, 0.15) is 7.05 Å². The highest BCUT2D eigenvalue weighted by molar-refractivity contribution is 5.68. The van der Waals surface area contributed by atoms with E-state index in [0.29, 0.717) is 0 Å². The number of rotatable bonds is 3. The second kappa shape index (κ2) is 4.03. The van der Waals surface area contributed by atoms with Gasteiger partial charge in [-0.15, -0.1) is 0 Å². The van der Waals surface area contributed by atoms with Crippen molar-refractivity contribution < 1.29 is 14.5 Å². The lowest BCUT2D eigenvalue weighted by Gasteiger charge is -2.05. The van der Waals surface area contributed by atoms with Crippen LogP contribution in [0.2, 0.25) is 0 Å². The first kappa shape index (κ1) is 9.71. The number of aliphatic carboxylic acids is 1. The van der Waals surface area contributed by atoms with Crippen LogP contribution in [0.25, 0.3) is 0 Å². The summed E-state index contributed by atoms with van der Waals surface area (Å²) in [5, 5.41) is 10.4. The lowest BCUT2D eigenvalue weighted by atomic mass is 10.1. The van der Waals surface area contributed by atoms with Crippen LogP contribution in [-0.2, 0) is 24.7 Å². The van der Waals surface area contributed by atoms with Gasteiger partial charge in [-0.05, 0) is 6.07 Å². The van der Waals surface area contributed by atoms with Crippen molar-refractivity contribution >= 4 is 5.97 Å². The first-order chi connectivity index (χ1) is 6.15. The maximum atomic E-state index is 10.4. The average molecular weight is 179 g/mol. The average Bonchev–Trinajstić information content (AvgIpc) is 2.03. The van der Waals surface area contributed by atoms with Crippen LogP contribution in [0.4, 0.5) is 0 Å². The van der Waals surface area contributed by atoms with Crippen molar-refractivity contribution in [3.8, 4) is 0 Å². The molecule has 1 aromatic rings. The first-order valence-electron chi connectivity index (χ1n) is 4.31. The normalized spacial score (nSPS) is 10.0. The largest absolute Gasteiger partial charge is 0.550 e. The topological polar surface area (TPSA) is 44.0 Å². The molecule has 0 aliphatic heterocycles. The fourth-order valence-electron chi connectivity index (χ4n) is 1.49. The van der Waals surface area contributed by atoms with Crippen molar-refractivity contribution in [2.45, 2.75) is 19.8 Å². The van der Waals surface area contributed by atoms with Gasteiger partial charge < -0.3 is 9.90 Å². The quantitative estimate of drug-likeness (QED) is 0.580. The minimum absolute atomic E-state index is 0.00213. The molecular weight excluding hydrogens is 166 g/mol. The van der Waals surface area contributed by atoms with Gasteiger partial charge in [-0.3, -0.25) is 0 Å². The van der Waals surface area contributed by atoms with E-state index in [1.165, 1.54) is 0 Å². The molecule has 0 aliphatic rings. The van der Waals surface area contributed by atoms with E-state index < -0.39 is 5.97 Å². The molecule has 0 saturated carbocycles. The number of aromatic nitrogens is 1.